The van der Waals surface area contributed by atoms with Crippen LogP contribution in [0.3, 0.4) is 0 Å². The number of nitriles is 2. The molecule has 0 amide bonds. The summed E-state index contributed by atoms with van der Waals surface area (Å²) in [6, 6.07) is 7.60. The second kappa shape index (κ2) is 8.42. The zero-order valence-electron chi connectivity index (χ0n) is 12.8. The Morgan fingerprint density at radius 2 is 2.13 bits per heavy atom. The third-order valence-corrected chi connectivity index (χ3v) is 6.85. The molecule has 0 radical (unpaired) electrons. The average molecular weight is 352 g/mol. The maximum Gasteiger partial charge on any atom is 0.250 e. The first-order valence-corrected chi connectivity index (χ1v) is 9.96. The highest BCUT2D eigenvalue weighted by atomic mass is 32.2. The van der Waals surface area contributed by atoms with Gasteiger partial charge in [0.2, 0.25) is 10.0 Å². The molecule has 0 bridgehead atoms. The van der Waals surface area contributed by atoms with Crippen LogP contribution in [0.2, 0.25) is 0 Å². The van der Waals surface area contributed by atoms with Crippen LogP contribution < -0.4 is 4.72 Å². The summed E-state index contributed by atoms with van der Waals surface area (Å²) in [5.41, 5.74) is 0. The van der Waals surface area contributed by atoms with Crippen molar-refractivity contribution < 1.29 is 8.42 Å². The Hall–Kier alpha value is -1.45. The standard InChI is InChI=1S/C15H20N4O2S2/c16-7-1-3-13(11-17)12-19-8-5-14(6-9-19)18-23(20,21)15-4-2-10-22-15/h2,4,10,13-14,18H,1,3,5-6,8-9,12H2/t13-/m1/s1. The molecule has 1 aliphatic heterocycles. The van der Waals surface area contributed by atoms with Crippen LogP contribution in [0.1, 0.15) is 25.7 Å². The van der Waals surface area contributed by atoms with Gasteiger partial charge in [-0.1, -0.05) is 6.07 Å². The number of hydrogen-bond acceptors (Lipinski definition) is 6. The number of nitrogens with one attached hydrogen (secondary N) is 1. The van der Waals surface area contributed by atoms with Crippen LogP contribution in [-0.4, -0.2) is 39.0 Å². The van der Waals surface area contributed by atoms with Crippen molar-refractivity contribution in [2.45, 2.75) is 35.9 Å². The van der Waals surface area contributed by atoms with Crippen LogP contribution in [0.5, 0.6) is 0 Å². The number of thiophene rings is 1. The van der Waals surface area contributed by atoms with E-state index in [1.165, 1.54) is 11.3 Å². The summed E-state index contributed by atoms with van der Waals surface area (Å²) >= 11 is 1.21. The van der Waals surface area contributed by atoms with Gasteiger partial charge in [0, 0.05) is 19.0 Å². The van der Waals surface area contributed by atoms with Gasteiger partial charge < -0.3 is 4.90 Å². The summed E-state index contributed by atoms with van der Waals surface area (Å²) in [7, 11) is -3.41. The minimum atomic E-state index is -3.41. The Kier molecular flexibility index (Phi) is 6.55. The molecule has 0 aliphatic carbocycles. The van der Waals surface area contributed by atoms with Crippen LogP contribution in [0.25, 0.3) is 0 Å². The van der Waals surface area contributed by atoms with Crippen LogP contribution in [0, 0.1) is 28.6 Å². The highest BCUT2D eigenvalue weighted by Gasteiger charge is 2.26. The number of piperidine rings is 1. The minimum absolute atomic E-state index is 0.0574. The fraction of sp³-hybridized carbons (Fsp3) is 0.600. The van der Waals surface area contributed by atoms with Crippen LogP contribution in [-0.2, 0) is 10.0 Å². The molecule has 1 fully saturated rings. The number of sulfonamides is 1. The molecule has 0 spiro atoms. The van der Waals surface area contributed by atoms with E-state index in [0.29, 0.717) is 23.6 Å². The minimum Gasteiger partial charge on any atom is -0.302 e. The van der Waals surface area contributed by atoms with Crippen molar-refractivity contribution in [3.8, 4) is 12.1 Å². The second-order valence-electron chi connectivity index (χ2n) is 5.65. The summed E-state index contributed by atoms with van der Waals surface area (Å²) in [5, 5.41) is 19.5. The smallest absolute Gasteiger partial charge is 0.250 e. The van der Waals surface area contributed by atoms with E-state index in [0.717, 1.165) is 25.9 Å². The summed E-state index contributed by atoms with van der Waals surface area (Å²) in [4.78, 5) is 2.18. The van der Waals surface area contributed by atoms with Gasteiger partial charge in [0.1, 0.15) is 4.21 Å². The van der Waals surface area contributed by atoms with Crippen LogP contribution in [0.15, 0.2) is 21.7 Å². The predicted octanol–water partition coefficient (Wildman–Crippen LogP) is 1.93. The van der Waals surface area contributed by atoms with Gasteiger partial charge in [-0.15, -0.1) is 11.3 Å². The van der Waals surface area contributed by atoms with Crippen molar-refractivity contribution in [2.75, 3.05) is 19.6 Å². The Bertz CT molecular complexity index is 665. The third kappa shape index (κ3) is 5.29. The Morgan fingerprint density at radius 1 is 1.39 bits per heavy atom. The summed E-state index contributed by atoms with van der Waals surface area (Å²) in [6.07, 6.45) is 2.47. The number of hydrogen-bond donors (Lipinski definition) is 1. The molecule has 124 valence electrons. The van der Waals surface area contributed by atoms with E-state index < -0.39 is 10.0 Å². The van der Waals surface area contributed by atoms with Gasteiger partial charge in [0.05, 0.1) is 18.1 Å². The van der Waals surface area contributed by atoms with E-state index in [1.54, 1.807) is 17.5 Å². The zero-order valence-corrected chi connectivity index (χ0v) is 14.4. The Labute approximate surface area is 141 Å². The highest BCUT2D eigenvalue weighted by molar-refractivity contribution is 7.91. The van der Waals surface area contributed by atoms with Crippen LogP contribution in [0.4, 0.5) is 0 Å². The number of rotatable bonds is 7. The predicted molar refractivity (Wildman–Crippen MR) is 88.1 cm³/mol. The summed E-state index contributed by atoms with van der Waals surface area (Å²) < 4.78 is 27.5. The monoisotopic (exact) mass is 352 g/mol. The number of nitrogens with zero attached hydrogens (tertiary/aromatic N) is 3. The topological polar surface area (TPSA) is 97.0 Å². The molecule has 1 aromatic heterocycles. The number of likely N-dealkylation sites (tertiary alicyclic amines) is 1. The second-order valence-corrected chi connectivity index (χ2v) is 8.54. The Morgan fingerprint density at radius 3 is 2.70 bits per heavy atom. The van der Waals surface area contributed by atoms with E-state index in [9.17, 15) is 8.42 Å². The Balaban J connectivity index is 1.80. The summed E-state index contributed by atoms with van der Waals surface area (Å²) in [5.74, 6) is -0.131. The fourth-order valence-corrected chi connectivity index (χ4v) is 4.99. The van der Waals surface area contributed by atoms with Crippen molar-refractivity contribution in [2.24, 2.45) is 5.92 Å². The SMILES string of the molecule is N#CCC[C@H](C#N)CN1CCC(NS(=O)(=O)c2cccs2)CC1. The summed E-state index contributed by atoms with van der Waals surface area (Å²) in [6.45, 7) is 2.19. The molecule has 23 heavy (non-hydrogen) atoms. The van der Waals surface area contributed by atoms with E-state index in [1.807, 2.05) is 0 Å². The lowest BCUT2D eigenvalue weighted by molar-refractivity contribution is 0.189. The van der Waals surface area contributed by atoms with Crippen LogP contribution >= 0.6 is 11.3 Å². The first kappa shape index (κ1) is 17.9. The lowest BCUT2D eigenvalue weighted by atomic mass is 10.0. The molecule has 6 nitrogen and oxygen atoms in total. The van der Waals surface area contributed by atoms with Gasteiger partial charge in [0.15, 0.2) is 0 Å². The molecule has 0 unspecified atom stereocenters. The highest BCUT2D eigenvalue weighted by Crippen LogP contribution is 2.19. The normalized spacial score (nSPS) is 18.2. The molecule has 1 saturated heterocycles. The molecule has 0 aromatic carbocycles. The van der Waals surface area contributed by atoms with Gasteiger partial charge in [-0.3, -0.25) is 0 Å². The van der Waals surface area contributed by atoms with Crippen molar-refractivity contribution in [1.29, 1.82) is 10.5 Å². The third-order valence-electron chi connectivity index (χ3n) is 3.94. The van der Waals surface area contributed by atoms with Gasteiger partial charge in [0.25, 0.3) is 0 Å². The molecule has 1 aromatic rings. The van der Waals surface area contributed by atoms with Gasteiger partial charge in [-0.25, -0.2) is 13.1 Å². The molecular weight excluding hydrogens is 332 g/mol. The van der Waals surface area contributed by atoms with Crippen molar-refractivity contribution in [1.82, 2.24) is 9.62 Å². The van der Waals surface area contributed by atoms with E-state index in [-0.39, 0.29) is 12.0 Å². The van der Waals surface area contributed by atoms with Crippen molar-refractivity contribution in [3.05, 3.63) is 17.5 Å². The molecule has 0 saturated carbocycles. The maximum absolute atomic E-state index is 12.2. The molecular formula is C15H20N4O2S2. The lowest BCUT2D eigenvalue weighted by Crippen LogP contribution is -2.45. The van der Waals surface area contributed by atoms with Crippen molar-refractivity contribution in [3.63, 3.8) is 0 Å². The lowest BCUT2D eigenvalue weighted by Gasteiger charge is -2.33. The largest absolute Gasteiger partial charge is 0.302 e. The average Bonchev–Trinajstić information content (AvgIpc) is 3.08. The fourth-order valence-electron chi connectivity index (χ4n) is 2.67. The zero-order chi connectivity index (χ0) is 16.7. The van der Waals surface area contributed by atoms with E-state index >= 15 is 0 Å². The molecule has 2 heterocycles. The first-order valence-electron chi connectivity index (χ1n) is 7.60. The van der Waals surface area contributed by atoms with Gasteiger partial charge in [-0.05, 0) is 43.8 Å². The van der Waals surface area contributed by atoms with E-state index in [4.69, 9.17) is 10.5 Å². The molecule has 1 aliphatic rings. The molecule has 1 N–H and O–H groups in total. The molecule has 2 rings (SSSR count). The maximum atomic E-state index is 12.2. The van der Waals surface area contributed by atoms with Crippen molar-refractivity contribution >= 4 is 21.4 Å². The first-order chi connectivity index (χ1) is 11.0. The van der Waals surface area contributed by atoms with Gasteiger partial charge >= 0.3 is 0 Å². The molecule has 1 atom stereocenters. The van der Waals surface area contributed by atoms with Gasteiger partial charge in [-0.2, -0.15) is 10.5 Å². The van der Waals surface area contributed by atoms with E-state index in [2.05, 4.69) is 21.8 Å². The molecule has 8 heteroatoms. The quantitative estimate of drug-likeness (QED) is 0.809.